The predicted octanol–water partition coefficient (Wildman–Crippen LogP) is 1.01. The van der Waals surface area contributed by atoms with Gasteiger partial charge in [0.25, 0.3) is 0 Å². The highest BCUT2D eigenvalue weighted by Crippen LogP contribution is 2.24. The third-order valence-electron chi connectivity index (χ3n) is 3.03. The predicted molar refractivity (Wildman–Crippen MR) is 78.7 cm³/mol. The van der Waals surface area contributed by atoms with E-state index in [0.29, 0.717) is 0 Å². The first kappa shape index (κ1) is 17.4. The third kappa shape index (κ3) is 3.72. The average Bonchev–Trinajstić information content (AvgIpc) is 2.38. The Bertz CT molecular complexity index is 615. The monoisotopic (exact) mass is 316 g/mol. The highest BCUT2D eigenvalue weighted by atomic mass is 32.2. The number of nitrogens with two attached hydrogens (primary N) is 1. The molecule has 1 atom stereocenters. The number of methoxy groups -OCH3 is 1. The Morgan fingerprint density at radius 3 is 2.57 bits per heavy atom. The largest absolute Gasteiger partial charge is 0.478 e. The van der Waals surface area contributed by atoms with Crippen molar-refractivity contribution in [3.8, 4) is 0 Å². The zero-order valence-electron chi connectivity index (χ0n) is 12.2. The van der Waals surface area contributed by atoms with Crippen molar-refractivity contribution in [2.75, 3.05) is 26.0 Å². The molecule has 8 heteroatoms. The van der Waals surface area contributed by atoms with Gasteiger partial charge in [0.15, 0.2) is 0 Å². The van der Waals surface area contributed by atoms with Crippen LogP contribution < -0.4 is 5.73 Å². The molecule has 0 aliphatic heterocycles. The Hall–Kier alpha value is -1.64. The standard InChI is InChI=1S/C13H20N2O5S/c1-4-15(9(2)8-20-3)21(18,19)12-6-5-10(14)7-11(12)13(16)17/h5-7,9H,4,8,14H2,1-3H3,(H,16,17). The van der Waals surface area contributed by atoms with Crippen LogP contribution in [0, 0.1) is 0 Å². The smallest absolute Gasteiger partial charge is 0.337 e. The molecule has 0 spiro atoms. The van der Waals surface area contributed by atoms with Crippen molar-refractivity contribution >= 4 is 21.7 Å². The summed E-state index contributed by atoms with van der Waals surface area (Å²) >= 11 is 0. The lowest BCUT2D eigenvalue weighted by Gasteiger charge is -2.27. The molecule has 3 N–H and O–H groups in total. The Balaban J connectivity index is 3.39. The van der Waals surface area contributed by atoms with E-state index in [-0.39, 0.29) is 29.3 Å². The van der Waals surface area contributed by atoms with Crippen LogP contribution in [0.4, 0.5) is 5.69 Å². The van der Waals surface area contributed by atoms with Gasteiger partial charge in [0.2, 0.25) is 10.0 Å². The minimum atomic E-state index is -3.95. The average molecular weight is 316 g/mol. The molecule has 0 fully saturated rings. The molecule has 0 saturated heterocycles. The first-order valence-corrected chi connectivity index (χ1v) is 7.83. The van der Waals surface area contributed by atoms with Crippen LogP contribution in [0.2, 0.25) is 0 Å². The number of nitrogens with zero attached hydrogens (tertiary/aromatic N) is 1. The van der Waals surface area contributed by atoms with Gasteiger partial charge < -0.3 is 15.6 Å². The molecule has 21 heavy (non-hydrogen) atoms. The molecule has 1 aromatic carbocycles. The van der Waals surface area contributed by atoms with Gasteiger partial charge >= 0.3 is 5.97 Å². The fourth-order valence-electron chi connectivity index (χ4n) is 2.11. The Morgan fingerprint density at radius 1 is 1.48 bits per heavy atom. The number of anilines is 1. The molecular formula is C13H20N2O5S. The molecule has 0 saturated carbocycles. The molecule has 0 aliphatic carbocycles. The van der Waals surface area contributed by atoms with Gasteiger partial charge in [-0.25, -0.2) is 13.2 Å². The highest BCUT2D eigenvalue weighted by molar-refractivity contribution is 7.89. The SMILES string of the molecule is CCN(C(C)COC)S(=O)(=O)c1ccc(N)cc1C(=O)O. The topological polar surface area (TPSA) is 110 Å². The van der Waals surface area contributed by atoms with Crippen LogP contribution in [-0.4, -0.2) is 50.1 Å². The zero-order valence-corrected chi connectivity index (χ0v) is 13.1. The van der Waals surface area contributed by atoms with Crippen molar-refractivity contribution in [3.63, 3.8) is 0 Å². The summed E-state index contributed by atoms with van der Waals surface area (Å²) in [5.74, 6) is -1.34. The number of rotatable bonds is 7. The number of nitrogen functional groups attached to an aromatic ring is 1. The van der Waals surface area contributed by atoms with E-state index >= 15 is 0 Å². The van der Waals surface area contributed by atoms with Gasteiger partial charge in [-0.3, -0.25) is 0 Å². The highest BCUT2D eigenvalue weighted by Gasteiger charge is 2.31. The molecule has 118 valence electrons. The van der Waals surface area contributed by atoms with Crippen molar-refractivity contribution in [3.05, 3.63) is 23.8 Å². The molecule has 0 aromatic heterocycles. The zero-order chi connectivity index (χ0) is 16.2. The summed E-state index contributed by atoms with van der Waals surface area (Å²) in [4.78, 5) is 11.0. The van der Waals surface area contributed by atoms with Gasteiger partial charge in [0, 0.05) is 25.4 Å². The number of hydrogen-bond acceptors (Lipinski definition) is 5. The Labute approximate surface area is 124 Å². The van der Waals surface area contributed by atoms with Gasteiger partial charge in [-0.15, -0.1) is 0 Å². The van der Waals surface area contributed by atoms with Crippen molar-refractivity contribution in [1.29, 1.82) is 0 Å². The molecule has 0 aliphatic rings. The quantitative estimate of drug-likeness (QED) is 0.727. The van der Waals surface area contributed by atoms with E-state index in [4.69, 9.17) is 10.5 Å². The van der Waals surface area contributed by atoms with Crippen molar-refractivity contribution in [2.45, 2.75) is 24.8 Å². The first-order valence-electron chi connectivity index (χ1n) is 6.39. The molecule has 1 rings (SSSR count). The van der Waals surface area contributed by atoms with Gasteiger partial charge in [0.05, 0.1) is 17.1 Å². The molecule has 0 amide bonds. The third-order valence-corrected chi connectivity index (χ3v) is 5.18. The number of carbonyl (C=O) groups is 1. The number of benzene rings is 1. The fraction of sp³-hybridized carbons (Fsp3) is 0.462. The van der Waals surface area contributed by atoms with Crippen LogP contribution in [-0.2, 0) is 14.8 Å². The van der Waals surface area contributed by atoms with Crippen molar-refractivity contribution < 1.29 is 23.1 Å². The summed E-state index contributed by atoms with van der Waals surface area (Å²) in [7, 11) is -2.47. The van der Waals surface area contributed by atoms with Crippen LogP contribution in [0.1, 0.15) is 24.2 Å². The maximum absolute atomic E-state index is 12.7. The number of aromatic carboxylic acids is 1. The fourth-order valence-corrected chi connectivity index (χ4v) is 3.90. The van der Waals surface area contributed by atoms with Crippen LogP contribution >= 0.6 is 0 Å². The van der Waals surface area contributed by atoms with Gasteiger partial charge in [-0.2, -0.15) is 4.31 Å². The van der Waals surface area contributed by atoms with E-state index in [1.54, 1.807) is 13.8 Å². The van der Waals surface area contributed by atoms with Crippen LogP contribution in [0.5, 0.6) is 0 Å². The van der Waals surface area contributed by atoms with E-state index in [9.17, 15) is 18.3 Å². The summed E-state index contributed by atoms with van der Waals surface area (Å²) in [6, 6.07) is 3.32. The lowest BCUT2D eigenvalue weighted by Crippen LogP contribution is -2.41. The summed E-state index contributed by atoms with van der Waals surface area (Å²) in [5.41, 5.74) is 5.39. The van der Waals surface area contributed by atoms with Gasteiger partial charge in [0.1, 0.15) is 0 Å². The number of carboxylic acid groups (broad SMARTS) is 1. The molecule has 0 heterocycles. The number of carboxylic acids is 1. The maximum atomic E-state index is 12.7. The van der Waals surface area contributed by atoms with E-state index < -0.39 is 22.0 Å². The molecule has 0 bridgehead atoms. The summed E-state index contributed by atoms with van der Waals surface area (Å²) in [6.45, 7) is 3.80. The minimum Gasteiger partial charge on any atom is -0.478 e. The van der Waals surface area contributed by atoms with Crippen molar-refractivity contribution in [2.24, 2.45) is 0 Å². The number of sulfonamides is 1. The number of likely N-dealkylation sites (N-methyl/N-ethyl adjacent to an activating group) is 1. The van der Waals surface area contributed by atoms with E-state index in [2.05, 4.69) is 0 Å². The van der Waals surface area contributed by atoms with Crippen molar-refractivity contribution in [1.82, 2.24) is 4.31 Å². The second-order valence-electron chi connectivity index (χ2n) is 4.57. The molecule has 1 unspecified atom stereocenters. The molecular weight excluding hydrogens is 296 g/mol. The van der Waals surface area contributed by atoms with E-state index in [1.807, 2.05) is 0 Å². The summed E-state index contributed by atoms with van der Waals surface area (Å²) in [5, 5.41) is 9.19. The Kier molecular flexibility index (Phi) is 5.70. The molecule has 7 nitrogen and oxygen atoms in total. The lowest BCUT2D eigenvalue weighted by atomic mass is 10.2. The Morgan fingerprint density at radius 2 is 2.10 bits per heavy atom. The molecule has 1 aromatic rings. The van der Waals surface area contributed by atoms with Gasteiger partial charge in [-0.05, 0) is 25.1 Å². The molecule has 0 radical (unpaired) electrons. The normalized spacial score (nSPS) is 13.3. The second-order valence-corrected chi connectivity index (χ2v) is 6.43. The van der Waals surface area contributed by atoms with E-state index in [0.717, 1.165) is 6.07 Å². The minimum absolute atomic E-state index is 0.194. The lowest BCUT2D eigenvalue weighted by molar-refractivity contribution is 0.0692. The second kappa shape index (κ2) is 6.88. The summed E-state index contributed by atoms with van der Waals surface area (Å²) in [6.07, 6.45) is 0. The summed E-state index contributed by atoms with van der Waals surface area (Å²) < 4.78 is 31.5. The van der Waals surface area contributed by atoms with E-state index in [1.165, 1.54) is 23.5 Å². The maximum Gasteiger partial charge on any atom is 0.337 e. The van der Waals surface area contributed by atoms with Gasteiger partial charge in [-0.1, -0.05) is 6.92 Å². The van der Waals surface area contributed by atoms with Crippen LogP contribution in [0.15, 0.2) is 23.1 Å². The number of hydrogen-bond donors (Lipinski definition) is 2. The van der Waals surface area contributed by atoms with Crippen LogP contribution in [0.3, 0.4) is 0 Å². The number of ether oxygens (including phenoxy) is 1. The van der Waals surface area contributed by atoms with Crippen LogP contribution in [0.25, 0.3) is 0 Å². The first-order chi connectivity index (χ1) is 9.75.